The Kier molecular flexibility index (Phi) is 11.7. The van der Waals surface area contributed by atoms with Gasteiger partial charge in [0.05, 0.1) is 20.8 Å². The van der Waals surface area contributed by atoms with Crippen molar-refractivity contribution in [3.05, 3.63) is 41.5 Å². The molecule has 0 bridgehead atoms. The van der Waals surface area contributed by atoms with Crippen LogP contribution in [0.2, 0.25) is 0 Å². The van der Waals surface area contributed by atoms with Crippen molar-refractivity contribution < 1.29 is 24.1 Å². The number of esters is 1. The zero-order chi connectivity index (χ0) is 19.9. The van der Waals surface area contributed by atoms with Crippen molar-refractivity contribution in [2.45, 2.75) is 39.2 Å². The van der Waals surface area contributed by atoms with Gasteiger partial charge in [-0.05, 0) is 50.3 Å². The van der Waals surface area contributed by atoms with E-state index in [9.17, 15) is 4.79 Å². The van der Waals surface area contributed by atoms with Gasteiger partial charge in [0.15, 0.2) is 0 Å². The Labute approximate surface area is 162 Å². The number of hydrogen-bond donors (Lipinski definition) is 1. The molecule has 0 spiro atoms. The summed E-state index contributed by atoms with van der Waals surface area (Å²) in [5.41, 5.74) is 2.29. The molecule has 0 fully saturated rings. The van der Waals surface area contributed by atoms with Crippen LogP contribution >= 0.6 is 0 Å². The molecule has 0 saturated heterocycles. The number of methoxy groups -OCH3 is 2. The molecule has 5 heteroatoms. The molecular weight excluding hydrogens is 344 g/mol. The van der Waals surface area contributed by atoms with Crippen molar-refractivity contribution in [2.75, 3.05) is 27.4 Å². The van der Waals surface area contributed by atoms with Crippen molar-refractivity contribution in [1.29, 1.82) is 0 Å². The predicted octanol–water partition coefficient (Wildman–Crippen LogP) is 3.50. The lowest BCUT2D eigenvalue weighted by atomic mass is 10.00. The van der Waals surface area contributed by atoms with Crippen LogP contribution in [0, 0.1) is 17.8 Å². The van der Waals surface area contributed by atoms with E-state index in [-0.39, 0.29) is 12.5 Å². The van der Waals surface area contributed by atoms with Crippen molar-refractivity contribution in [1.82, 2.24) is 0 Å². The van der Waals surface area contributed by atoms with Gasteiger partial charge in [0.2, 0.25) is 0 Å². The molecule has 0 aliphatic carbocycles. The normalized spacial score (nSPS) is 12.1. The summed E-state index contributed by atoms with van der Waals surface area (Å²) in [7, 11) is 2.96. The van der Waals surface area contributed by atoms with E-state index < -0.39 is 5.97 Å². The number of ether oxygens (including phenoxy) is 3. The molecule has 1 unspecified atom stereocenters. The summed E-state index contributed by atoms with van der Waals surface area (Å²) >= 11 is 0. The number of carbonyl (C=O) groups excluding carboxylic acids is 1. The van der Waals surface area contributed by atoms with E-state index in [0.29, 0.717) is 13.2 Å². The standard InChI is InChI=1S/C22H30O5/c1-18(5-4-15-23)6-7-19(10-13-22(24)26-3)14-16-27-17-20-8-11-21(25-2)12-9-20/h6,8-9,11-12,19,23H,4-5,7,14-17H2,1-3H3/b18-6-. The van der Waals surface area contributed by atoms with Gasteiger partial charge in [0.25, 0.3) is 0 Å². The van der Waals surface area contributed by atoms with Crippen LogP contribution in [-0.2, 0) is 20.9 Å². The van der Waals surface area contributed by atoms with Crippen molar-refractivity contribution >= 4 is 5.97 Å². The topological polar surface area (TPSA) is 65.0 Å². The maximum atomic E-state index is 11.3. The van der Waals surface area contributed by atoms with Gasteiger partial charge in [-0.15, -0.1) is 0 Å². The highest BCUT2D eigenvalue weighted by Crippen LogP contribution is 2.15. The minimum absolute atomic E-state index is 0.0176. The molecule has 27 heavy (non-hydrogen) atoms. The van der Waals surface area contributed by atoms with E-state index >= 15 is 0 Å². The Balaban J connectivity index is 2.51. The highest BCUT2D eigenvalue weighted by atomic mass is 16.5. The van der Waals surface area contributed by atoms with E-state index in [2.05, 4.69) is 22.7 Å². The maximum Gasteiger partial charge on any atom is 0.384 e. The van der Waals surface area contributed by atoms with Gasteiger partial charge >= 0.3 is 5.97 Å². The zero-order valence-electron chi connectivity index (χ0n) is 16.5. The molecule has 0 aromatic heterocycles. The molecule has 0 radical (unpaired) electrons. The lowest BCUT2D eigenvalue weighted by molar-refractivity contribution is -0.133. The number of rotatable bonds is 11. The first-order chi connectivity index (χ1) is 13.1. The van der Waals surface area contributed by atoms with Crippen LogP contribution in [-0.4, -0.2) is 38.5 Å². The molecule has 1 aromatic rings. The van der Waals surface area contributed by atoms with Crippen molar-refractivity contribution in [3.63, 3.8) is 0 Å². The van der Waals surface area contributed by atoms with Gasteiger partial charge in [0, 0.05) is 25.1 Å². The van der Waals surface area contributed by atoms with Crippen molar-refractivity contribution in [2.24, 2.45) is 5.92 Å². The van der Waals surface area contributed by atoms with Gasteiger partial charge in [-0.1, -0.05) is 29.7 Å². The van der Waals surface area contributed by atoms with E-state index in [1.54, 1.807) is 7.11 Å². The average molecular weight is 374 g/mol. The van der Waals surface area contributed by atoms with Crippen LogP contribution in [0.25, 0.3) is 0 Å². The molecule has 5 nitrogen and oxygen atoms in total. The summed E-state index contributed by atoms with van der Waals surface area (Å²) in [6, 6.07) is 7.76. The van der Waals surface area contributed by atoms with Gasteiger partial charge in [-0.25, -0.2) is 4.79 Å². The van der Waals surface area contributed by atoms with E-state index in [0.717, 1.165) is 37.0 Å². The van der Waals surface area contributed by atoms with Crippen LogP contribution in [0.15, 0.2) is 35.9 Å². The minimum Gasteiger partial charge on any atom is -0.497 e. The first-order valence-corrected chi connectivity index (χ1v) is 9.15. The summed E-state index contributed by atoms with van der Waals surface area (Å²) in [5, 5.41) is 8.91. The minimum atomic E-state index is -0.528. The number of hydrogen-bond acceptors (Lipinski definition) is 5. The molecule has 148 valence electrons. The SMILES string of the molecule is COC(=O)C#CC(C/C=C(/C)CCCO)CCOCc1ccc(OC)cc1. The number of allylic oxidation sites excluding steroid dienone is 2. The number of aliphatic hydroxyl groups excluding tert-OH is 1. The lowest BCUT2D eigenvalue weighted by Gasteiger charge is -2.10. The largest absolute Gasteiger partial charge is 0.497 e. The molecule has 1 rings (SSSR count). The Hall–Kier alpha value is -2.29. The summed E-state index contributed by atoms with van der Waals surface area (Å²) in [6.07, 6.45) is 5.21. The average Bonchev–Trinajstić information content (AvgIpc) is 2.70. The van der Waals surface area contributed by atoms with Gasteiger partial charge in [-0.2, -0.15) is 0 Å². The zero-order valence-corrected chi connectivity index (χ0v) is 16.5. The van der Waals surface area contributed by atoms with Crippen LogP contribution in [0.5, 0.6) is 5.75 Å². The lowest BCUT2D eigenvalue weighted by Crippen LogP contribution is -2.05. The van der Waals surface area contributed by atoms with E-state index in [1.165, 1.54) is 12.7 Å². The first-order valence-electron chi connectivity index (χ1n) is 9.15. The molecule has 0 saturated carbocycles. The van der Waals surface area contributed by atoms with Crippen LogP contribution in [0.1, 0.15) is 38.2 Å². The smallest absolute Gasteiger partial charge is 0.384 e. The molecule has 1 aromatic carbocycles. The van der Waals surface area contributed by atoms with Gasteiger partial charge in [-0.3, -0.25) is 0 Å². The second-order valence-electron chi connectivity index (χ2n) is 6.26. The third-order valence-electron chi connectivity index (χ3n) is 4.08. The second-order valence-corrected chi connectivity index (χ2v) is 6.26. The molecular formula is C22H30O5. The highest BCUT2D eigenvalue weighted by Gasteiger charge is 2.06. The summed E-state index contributed by atoms with van der Waals surface area (Å²) < 4.78 is 15.5. The summed E-state index contributed by atoms with van der Waals surface area (Å²) in [6.45, 7) is 3.30. The fourth-order valence-corrected chi connectivity index (χ4v) is 2.40. The fourth-order valence-electron chi connectivity index (χ4n) is 2.40. The molecule has 0 heterocycles. The Morgan fingerprint density at radius 2 is 2.00 bits per heavy atom. The number of benzene rings is 1. The van der Waals surface area contributed by atoms with Crippen LogP contribution < -0.4 is 4.74 Å². The Morgan fingerprint density at radius 3 is 2.63 bits per heavy atom. The quantitative estimate of drug-likeness (QED) is 0.211. The third kappa shape index (κ3) is 10.4. The number of carbonyl (C=O) groups is 1. The summed E-state index contributed by atoms with van der Waals surface area (Å²) in [5.74, 6) is 5.81. The molecule has 0 amide bonds. The third-order valence-corrected chi connectivity index (χ3v) is 4.08. The Bertz CT molecular complexity index is 637. The van der Waals surface area contributed by atoms with Crippen LogP contribution in [0.3, 0.4) is 0 Å². The highest BCUT2D eigenvalue weighted by molar-refractivity contribution is 5.88. The van der Waals surface area contributed by atoms with E-state index in [4.69, 9.17) is 14.6 Å². The molecule has 1 atom stereocenters. The molecule has 1 N–H and O–H groups in total. The first kappa shape index (κ1) is 22.8. The monoisotopic (exact) mass is 374 g/mol. The van der Waals surface area contributed by atoms with Crippen molar-refractivity contribution in [3.8, 4) is 17.6 Å². The maximum absolute atomic E-state index is 11.3. The van der Waals surface area contributed by atoms with E-state index in [1.807, 2.05) is 31.2 Å². The number of aliphatic hydroxyl groups is 1. The predicted molar refractivity (Wildman–Crippen MR) is 105 cm³/mol. The van der Waals surface area contributed by atoms with Gasteiger partial charge in [0.1, 0.15) is 5.75 Å². The summed E-state index contributed by atoms with van der Waals surface area (Å²) in [4.78, 5) is 11.3. The van der Waals surface area contributed by atoms with Crippen LogP contribution in [0.4, 0.5) is 0 Å². The second kappa shape index (κ2) is 13.9. The molecule has 0 aliphatic heterocycles. The Morgan fingerprint density at radius 1 is 1.26 bits per heavy atom. The molecule has 0 aliphatic rings. The fraction of sp³-hybridized carbons (Fsp3) is 0.500. The van der Waals surface area contributed by atoms with Gasteiger partial charge < -0.3 is 19.3 Å².